The van der Waals surface area contributed by atoms with Crippen molar-refractivity contribution in [3.63, 3.8) is 0 Å². The van der Waals surface area contributed by atoms with Gasteiger partial charge in [0.15, 0.2) is 6.10 Å². The first-order valence-corrected chi connectivity index (χ1v) is 21.5. The van der Waals surface area contributed by atoms with Gasteiger partial charge in [-0.1, -0.05) is 78.4 Å². The van der Waals surface area contributed by atoms with E-state index in [1.165, 1.54) is 42.3 Å². The molecule has 7 rings (SSSR count). The minimum Gasteiger partial charge on any atom is -0.267 e. The minimum absolute atomic E-state index is 0.414. The van der Waals surface area contributed by atoms with Crippen molar-refractivity contribution < 1.29 is 115 Å². The lowest BCUT2D eigenvalue weighted by molar-refractivity contribution is -0.877. The predicted molar refractivity (Wildman–Crippen MR) is 216 cm³/mol. The second-order valence-corrected chi connectivity index (χ2v) is 17.5. The summed E-state index contributed by atoms with van der Waals surface area (Å²) in [7, 11) is 0. The van der Waals surface area contributed by atoms with Gasteiger partial charge in [-0.2, -0.15) is 127 Å². The normalized spacial score (nSPS) is 15.1. The number of thiazole rings is 1. The zero-order valence-electron chi connectivity index (χ0n) is 35.8. The maximum atomic E-state index is 14.2. The Kier molecular flexibility index (Phi) is 15.1. The van der Waals surface area contributed by atoms with Gasteiger partial charge in [-0.05, 0) is 56.0 Å². The monoisotopic (exact) mass is 1100 g/mol. The van der Waals surface area contributed by atoms with Gasteiger partial charge in [0, 0.05) is 10.8 Å². The Morgan fingerprint density at radius 2 is 0.630 bits per heavy atom. The van der Waals surface area contributed by atoms with E-state index in [1.807, 2.05) is 4.73 Å². The lowest BCUT2D eigenvalue weighted by Gasteiger charge is -2.46. The molecule has 1 aliphatic carbocycles. The summed E-state index contributed by atoms with van der Waals surface area (Å²) in [6.07, 6.45) is -48.0. The van der Waals surface area contributed by atoms with Crippen molar-refractivity contribution in [1.82, 2.24) is 0 Å². The summed E-state index contributed by atoms with van der Waals surface area (Å²) in [5.41, 5.74) is -26.9. The lowest BCUT2D eigenvalue weighted by atomic mass is 9.12. The molecule has 28 heteroatoms. The van der Waals surface area contributed by atoms with Gasteiger partial charge >= 0.3 is 49.4 Å². The minimum atomic E-state index is -6.13. The number of benzene rings is 5. The van der Waals surface area contributed by atoms with Gasteiger partial charge in [0.1, 0.15) is 10.8 Å². The molecule has 0 amide bonds. The van der Waals surface area contributed by atoms with Crippen molar-refractivity contribution >= 4 is 49.6 Å². The summed E-state index contributed by atoms with van der Waals surface area (Å²) in [4.78, 5) is 6.04. The molecule has 73 heavy (non-hydrogen) atoms. The Balaban J connectivity index is 0.000000453. The fourth-order valence-electron chi connectivity index (χ4n) is 8.38. The number of hydrogen-bond donors (Lipinski definition) is 0. The van der Waals surface area contributed by atoms with E-state index in [4.69, 9.17) is 4.84 Å². The Labute approximate surface area is 398 Å². The van der Waals surface area contributed by atoms with Crippen LogP contribution in [0.1, 0.15) is 76.6 Å². The van der Waals surface area contributed by atoms with E-state index in [0.29, 0.717) is 6.10 Å². The molecule has 1 saturated carbocycles. The molecule has 396 valence electrons. The molecule has 1 fully saturated rings. The lowest BCUT2D eigenvalue weighted by Crippen LogP contribution is -2.75. The third-order valence-electron chi connectivity index (χ3n) is 11.6. The highest BCUT2D eigenvalue weighted by atomic mass is 32.1. The van der Waals surface area contributed by atoms with Crippen molar-refractivity contribution in [2.75, 3.05) is 0 Å². The van der Waals surface area contributed by atoms with Crippen LogP contribution in [-0.2, 0) is 49.4 Å². The summed E-state index contributed by atoms with van der Waals surface area (Å²) in [5, 5.41) is 0. The molecule has 0 bridgehead atoms. The number of hydrogen-bond acceptors (Lipinski definition) is 2. The number of fused-ring (bicyclic) bond motifs is 1. The first-order valence-electron chi connectivity index (χ1n) is 20.6. The number of nitrogens with zero attached hydrogens (tertiary/aromatic N) is 1. The van der Waals surface area contributed by atoms with Crippen LogP contribution >= 0.6 is 11.3 Å². The SMILES string of the molecule is FC(F)(F)c1cc([B-](c2cc(C(F)(F)F)cc(C(F)(F)F)c2)(c2cc(C(F)(F)F)cc(C(F)(F)F)c2)c2cc(C(F)(F)F)cc(C(F)(F)F)c2)cc(C(F)(F)F)c1.c1ccc2c(c1)sc[n+]2OC1CCCCC1. The second-order valence-electron chi connectivity index (χ2n) is 16.6. The molecular formula is C45H28BF24NOS. The van der Waals surface area contributed by atoms with Crippen LogP contribution in [0.2, 0.25) is 0 Å². The molecule has 0 unspecified atom stereocenters. The molecule has 0 spiro atoms. The number of rotatable bonds is 6. The van der Waals surface area contributed by atoms with Gasteiger partial charge in [-0.25, -0.2) is 0 Å². The van der Waals surface area contributed by atoms with Gasteiger partial charge in [-0.3, -0.25) is 4.84 Å². The maximum Gasteiger partial charge on any atom is 0.416 e. The van der Waals surface area contributed by atoms with Crippen molar-refractivity contribution in [2.24, 2.45) is 0 Å². The maximum absolute atomic E-state index is 14.2. The first-order chi connectivity index (χ1) is 33.2. The largest absolute Gasteiger partial charge is 0.416 e. The quantitative estimate of drug-likeness (QED) is 0.0920. The fourth-order valence-corrected chi connectivity index (χ4v) is 9.19. The van der Waals surface area contributed by atoms with Crippen LogP contribution in [0.4, 0.5) is 105 Å². The van der Waals surface area contributed by atoms with Crippen LogP contribution in [0.15, 0.2) is 103 Å². The van der Waals surface area contributed by atoms with E-state index < -0.39 is 195 Å². The van der Waals surface area contributed by atoms with Crippen molar-refractivity contribution in [3.05, 3.63) is 147 Å². The summed E-state index contributed by atoms with van der Waals surface area (Å²) in [6.45, 7) is 0. The van der Waals surface area contributed by atoms with Crippen molar-refractivity contribution in [3.8, 4) is 0 Å². The molecule has 6 aromatic rings. The molecule has 0 aliphatic heterocycles. The van der Waals surface area contributed by atoms with E-state index in [-0.39, 0.29) is 0 Å². The highest BCUT2D eigenvalue weighted by Gasteiger charge is 2.47. The second kappa shape index (κ2) is 19.5. The van der Waals surface area contributed by atoms with Gasteiger partial charge in [0.25, 0.3) is 11.0 Å². The van der Waals surface area contributed by atoms with Gasteiger partial charge < -0.3 is 0 Å². The predicted octanol–water partition coefficient (Wildman–Crippen LogP) is 14.2. The summed E-state index contributed by atoms with van der Waals surface area (Å²) < 4.78 is 344. The zero-order valence-corrected chi connectivity index (χ0v) is 36.7. The number of alkyl halides is 24. The van der Waals surface area contributed by atoms with Crippen LogP contribution in [0, 0.1) is 0 Å². The molecule has 0 saturated heterocycles. The molecule has 0 atom stereocenters. The van der Waals surface area contributed by atoms with E-state index in [9.17, 15) is 105 Å². The van der Waals surface area contributed by atoms with Crippen LogP contribution in [0.25, 0.3) is 10.2 Å². The fraction of sp³-hybridized carbons (Fsp3) is 0.311. The Bertz CT molecular complexity index is 2490. The average molecular weight is 1100 g/mol. The Hall–Kier alpha value is -5.83. The molecule has 1 aliphatic rings. The molecule has 0 N–H and O–H groups in total. The van der Waals surface area contributed by atoms with Crippen molar-refractivity contribution in [1.29, 1.82) is 0 Å². The molecule has 0 radical (unpaired) electrons. The van der Waals surface area contributed by atoms with Crippen LogP contribution in [-0.4, -0.2) is 12.2 Å². The smallest absolute Gasteiger partial charge is 0.267 e. The highest BCUT2D eigenvalue weighted by Crippen LogP contribution is 2.41. The average Bonchev–Trinajstić information content (AvgIpc) is 3.67. The molecule has 2 nitrogen and oxygen atoms in total. The number of aromatic nitrogens is 1. The van der Waals surface area contributed by atoms with Gasteiger partial charge in [-0.15, -0.1) is 0 Å². The summed E-state index contributed by atoms with van der Waals surface area (Å²) in [5.74, 6) is 0. The Morgan fingerprint density at radius 3 is 0.890 bits per heavy atom. The summed E-state index contributed by atoms with van der Waals surface area (Å²) >= 11 is 1.74. The van der Waals surface area contributed by atoms with Crippen LogP contribution in [0.3, 0.4) is 0 Å². The van der Waals surface area contributed by atoms with E-state index in [2.05, 4.69) is 29.8 Å². The van der Waals surface area contributed by atoms with Crippen LogP contribution in [0.5, 0.6) is 0 Å². The number of halogens is 24. The molecule has 1 aromatic heterocycles. The van der Waals surface area contributed by atoms with E-state index in [1.54, 1.807) is 11.3 Å². The van der Waals surface area contributed by atoms with E-state index >= 15 is 0 Å². The van der Waals surface area contributed by atoms with E-state index in [0.717, 1.165) is 0 Å². The van der Waals surface area contributed by atoms with Crippen LogP contribution < -0.4 is 31.4 Å². The summed E-state index contributed by atoms with van der Waals surface area (Å²) in [6, 6.07) is -0.413. The van der Waals surface area contributed by atoms with Gasteiger partial charge in [0.05, 0.1) is 44.5 Å². The third-order valence-corrected chi connectivity index (χ3v) is 12.5. The zero-order chi connectivity index (χ0) is 54.7. The standard InChI is InChI=1S/C32H12BF24.C13H16NOS/c34-25(35,36)13-1-14(26(37,38)39)6-21(5-13)33(22-7-15(27(40,41)42)2-16(8-22)28(43,44)45,23-9-17(29(46,47)48)3-18(10-23)30(49,50)51)24-11-19(31(52,53)54)4-20(12-24)32(55,56)57;1-2-6-11(7-3-1)15-14-10-16-13-9-5-4-8-12(13)14/h1-12H;4-5,8-11H,1-3,6-7H2/q-1;+1. The molecular weight excluding hydrogens is 1070 g/mol. The highest BCUT2D eigenvalue weighted by molar-refractivity contribution is 7.20. The van der Waals surface area contributed by atoms with Crippen molar-refractivity contribution in [2.45, 2.75) is 87.6 Å². The number of para-hydroxylation sites is 1. The Morgan fingerprint density at radius 1 is 0.370 bits per heavy atom. The molecule has 5 aromatic carbocycles. The molecule has 1 heterocycles. The topological polar surface area (TPSA) is 13.1 Å². The van der Waals surface area contributed by atoms with Gasteiger partial charge in [0.2, 0.25) is 0 Å². The third kappa shape index (κ3) is 12.8. The first kappa shape index (κ1) is 56.5.